The number of unbranched alkanes of at least 4 members (excludes halogenated alkanes) is 1. The van der Waals surface area contributed by atoms with Gasteiger partial charge >= 0.3 is 0 Å². The highest BCUT2D eigenvalue weighted by atomic mass is 32.1. The molecule has 112 valence electrons. The zero-order chi connectivity index (χ0) is 15.4. The summed E-state index contributed by atoms with van der Waals surface area (Å²) < 4.78 is 0. The van der Waals surface area contributed by atoms with Crippen molar-refractivity contribution in [2.45, 2.75) is 40.0 Å². The van der Waals surface area contributed by atoms with E-state index < -0.39 is 0 Å². The third kappa shape index (κ3) is 3.82. The summed E-state index contributed by atoms with van der Waals surface area (Å²) in [4.78, 5) is 16.2. The van der Waals surface area contributed by atoms with Gasteiger partial charge in [-0.3, -0.25) is 4.79 Å². The fraction of sp³-hybridized carbons (Fsp3) is 0.375. The van der Waals surface area contributed by atoms with Crippen LogP contribution in [0.3, 0.4) is 0 Å². The first kappa shape index (κ1) is 15.5. The normalized spacial score (nSPS) is 10.6. The van der Waals surface area contributed by atoms with Crippen molar-refractivity contribution < 1.29 is 4.79 Å². The SMILES string of the molecule is CCCCC(=O)Nc1nc(-c2ccc(C)cc2C)c(N)s1. The number of thiazole rings is 1. The number of nitrogens with one attached hydrogen (secondary N) is 1. The summed E-state index contributed by atoms with van der Waals surface area (Å²) in [6, 6.07) is 6.17. The smallest absolute Gasteiger partial charge is 0.226 e. The second-order valence-electron chi connectivity index (χ2n) is 5.20. The largest absolute Gasteiger partial charge is 0.389 e. The second-order valence-corrected chi connectivity index (χ2v) is 6.23. The molecule has 0 saturated heterocycles. The summed E-state index contributed by atoms with van der Waals surface area (Å²) >= 11 is 1.32. The van der Waals surface area contributed by atoms with Crippen molar-refractivity contribution in [3.05, 3.63) is 29.3 Å². The lowest BCUT2D eigenvalue weighted by Gasteiger charge is -2.04. The quantitative estimate of drug-likeness (QED) is 0.872. The van der Waals surface area contributed by atoms with Crippen LogP contribution < -0.4 is 11.1 Å². The lowest BCUT2D eigenvalue weighted by Crippen LogP contribution is -2.10. The number of aromatic nitrogens is 1. The van der Waals surface area contributed by atoms with Gasteiger partial charge < -0.3 is 11.1 Å². The van der Waals surface area contributed by atoms with Crippen molar-refractivity contribution in [1.29, 1.82) is 0 Å². The summed E-state index contributed by atoms with van der Waals surface area (Å²) in [5.41, 5.74) is 10.2. The standard InChI is InChI=1S/C16H21N3OS/c1-4-5-6-13(20)18-16-19-14(15(17)21-16)12-8-7-10(2)9-11(12)3/h7-9H,4-6,17H2,1-3H3,(H,18,19,20). The van der Waals surface area contributed by atoms with Crippen LogP contribution in [0, 0.1) is 13.8 Å². The zero-order valence-corrected chi connectivity index (χ0v) is 13.5. The first-order chi connectivity index (χ1) is 10.0. The molecule has 21 heavy (non-hydrogen) atoms. The molecule has 2 rings (SSSR count). The van der Waals surface area contributed by atoms with Crippen molar-refractivity contribution in [1.82, 2.24) is 4.98 Å². The van der Waals surface area contributed by atoms with Gasteiger partial charge in [-0.1, -0.05) is 48.4 Å². The van der Waals surface area contributed by atoms with Crippen LogP contribution in [0.15, 0.2) is 18.2 Å². The van der Waals surface area contributed by atoms with Gasteiger partial charge in [-0.05, 0) is 25.8 Å². The highest BCUT2D eigenvalue weighted by Gasteiger charge is 2.14. The molecule has 0 bridgehead atoms. The molecule has 0 radical (unpaired) electrons. The lowest BCUT2D eigenvalue weighted by molar-refractivity contribution is -0.116. The molecular weight excluding hydrogens is 282 g/mol. The number of amides is 1. The molecule has 0 unspecified atom stereocenters. The molecule has 1 aromatic heterocycles. The molecule has 0 saturated carbocycles. The number of hydrogen-bond donors (Lipinski definition) is 2. The second kappa shape index (κ2) is 6.72. The lowest BCUT2D eigenvalue weighted by atomic mass is 10.0. The Morgan fingerprint density at radius 2 is 2.14 bits per heavy atom. The molecule has 2 aromatic rings. The molecule has 0 fully saturated rings. The number of nitrogens with zero attached hydrogens (tertiary/aromatic N) is 1. The molecule has 5 heteroatoms. The molecule has 0 spiro atoms. The molecule has 0 aliphatic carbocycles. The fourth-order valence-corrected chi connectivity index (χ4v) is 2.94. The van der Waals surface area contributed by atoms with Crippen molar-refractivity contribution in [2.75, 3.05) is 11.1 Å². The number of hydrogen-bond acceptors (Lipinski definition) is 4. The number of nitrogens with two attached hydrogens (primary N) is 1. The average molecular weight is 303 g/mol. The highest BCUT2D eigenvalue weighted by molar-refractivity contribution is 7.20. The van der Waals surface area contributed by atoms with Gasteiger partial charge in [0.15, 0.2) is 5.13 Å². The Kier molecular flexibility index (Phi) is 4.96. The summed E-state index contributed by atoms with van der Waals surface area (Å²) in [6.45, 7) is 6.16. The zero-order valence-electron chi connectivity index (χ0n) is 12.7. The van der Waals surface area contributed by atoms with Crippen LogP contribution in [-0.2, 0) is 4.79 Å². The van der Waals surface area contributed by atoms with Crippen LogP contribution in [0.2, 0.25) is 0 Å². The minimum absolute atomic E-state index is 0.00206. The molecule has 4 nitrogen and oxygen atoms in total. The summed E-state index contributed by atoms with van der Waals surface area (Å²) in [6.07, 6.45) is 2.41. The third-order valence-corrected chi connectivity index (χ3v) is 4.09. The number of rotatable bonds is 5. The van der Waals surface area contributed by atoms with E-state index in [0.29, 0.717) is 16.6 Å². The van der Waals surface area contributed by atoms with Gasteiger partial charge in [-0.25, -0.2) is 4.98 Å². The Morgan fingerprint density at radius 1 is 1.38 bits per heavy atom. The molecule has 0 atom stereocenters. The third-order valence-electron chi connectivity index (χ3n) is 3.29. The number of carbonyl (C=O) groups excluding carboxylic acids is 1. The van der Waals surface area contributed by atoms with E-state index in [-0.39, 0.29) is 5.91 Å². The number of anilines is 2. The summed E-state index contributed by atoms with van der Waals surface area (Å²) in [5, 5.41) is 4.03. The first-order valence-corrected chi connectivity index (χ1v) is 7.96. The van der Waals surface area contributed by atoms with E-state index in [4.69, 9.17) is 5.73 Å². The maximum atomic E-state index is 11.8. The van der Waals surface area contributed by atoms with Gasteiger partial charge in [0, 0.05) is 12.0 Å². The molecule has 1 heterocycles. The monoisotopic (exact) mass is 303 g/mol. The molecule has 0 aliphatic rings. The predicted molar refractivity (Wildman–Crippen MR) is 89.6 cm³/mol. The number of nitrogen functional groups attached to an aromatic ring is 1. The van der Waals surface area contributed by atoms with Gasteiger partial charge in [-0.2, -0.15) is 0 Å². The summed E-state index contributed by atoms with van der Waals surface area (Å²) in [7, 11) is 0. The molecular formula is C16H21N3OS. The Hall–Kier alpha value is -1.88. The van der Waals surface area contributed by atoms with E-state index in [1.807, 2.05) is 19.1 Å². The average Bonchev–Trinajstić information content (AvgIpc) is 2.77. The predicted octanol–water partition coefficient (Wildman–Crippen LogP) is 4.14. The van der Waals surface area contributed by atoms with Crippen LogP contribution in [-0.4, -0.2) is 10.9 Å². The van der Waals surface area contributed by atoms with Crippen LogP contribution in [0.5, 0.6) is 0 Å². The van der Waals surface area contributed by atoms with Crippen molar-refractivity contribution in [2.24, 2.45) is 0 Å². The van der Waals surface area contributed by atoms with Gasteiger partial charge in [0.05, 0.1) is 0 Å². The van der Waals surface area contributed by atoms with E-state index in [0.717, 1.165) is 29.7 Å². The number of aryl methyl sites for hydroxylation is 2. The van der Waals surface area contributed by atoms with Crippen LogP contribution in [0.25, 0.3) is 11.3 Å². The number of benzene rings is 1. The topological polar surface area (TPSA) is 68.0 Å². The number of carbonyl (C=O) groups is 1. The van der Waals surface area contributed by atoms with Crippen molar-refractivity contribution in [3.8, 4) is 11.3 Å². The Balaban J connectivity index is 2.21. The van der Waals surface area contributed by atoms with Crippen molar-refractivity contribution in [3.63, 3.8) is 0 Å². The van der Waals surface area contributed by atoms with E-state index in [1.54, 1.807) is 0 Å². The van der Waals surface area contributed by atoms with Gasteiger partial charge in [0.2, 0.25) is 5.91 Å². The molecule has 0 aliphatic heterocycles. The first-order valence-electron chi connectivity index (χ1n) is 7.15. The van der Waals surface area contributed by atoms with Crippen LogP contribution in [0.4, 0.5) is 10.1 Å². The summed E-state index contributed by atoms with van der Waals surface area (Å²) in [5.74, 6) is -0.00206. The minimum Gasteiger partial charge on any atom is -0.389 e. The molecule has 3 N–H and O–H groups in total. The van der Waals surface area contributed by atoms with Crippen LogP contribution in [0.1, 0.15) is 37.3 Å². The van der Waals surface area contributed by atoms with Gasteiger partial charge in [0.25, 0.3) is 0 Å². The Morgan fingerprint density at radius 3 is 2.81 bits per heavy atom. The van der Waals surface area contributed by atoms with Crippen LogP contribution >= 0.6 is 11.3 Å². The fourth-order valence-electron chi connectivity index (χ4n) is 2.18. The Labute approximate surface area is 129 Å². The van der Waals surface area contributed by atoms with E-state index in [2.05, 4.69) is 30.2 Å². The molecule has 1 amide bonds. The van der Waals surface area contributed by atoms with E-state index in [9.17, 15) is 4.79 Å². The highest BCUT2D eigenvalue weighted by Crippen LogP contribution is 2.35. The van der Waals surface area contributed by atoms with E-state index in [1.165, 1.54) is 16.9 Å². The van der Waals surface area contributed by atoms with Gasteiger partial charge in [-0.15, -0.1) is 0 Å². The minimum atomic E-state index is -0.00206. The maximum absolute atomic E-state index is 11.8. The van der Waals surface area contributed by atoms with E-state index >= 15 is 0 Å². The Bertz CT molecular complexity index is 649. The van der Waals surface area contributed by atoms with Crippen molar-refractivity contribution >= 4 is 27.4 Å². The molecule has 1 aromatic carbocycles. The van der Waals surface area contributed by atoms with Gasteiger partial charge in [0.1, 0.15) is 10.7 Å². The maximum Gasteiger partial charge on any atom is 0.226 e.